The van der Waals surface area contributed by atoms with Gasteiger partial charge >= 0.3 is 0 Å². The first-order valence-electron chi connectivity index (χ1n) is 5.81. The van der Waals surface area contributed by atoms with Crippen LogP contribution < -0.4 is 5.32 Å². The van der Waals surface area contributed by atoms with Gasteiger partial charge in [0, 0.05) is 22.6 Å². The third-order valence-corrected chi connectivity index (χ3v) is 3.67. The molecule has 2 rings (SSSR count). The predicted octanol–water partition coefficient (Wildman–Crippen LogP) is 2.89. The monoisotopic (exact) mass is 294 g/mol. The lowest BCUT2D eigenvalue weighted by Crippen LogP contribution is -2.21. The van der Waals surface area contributed by atoms with Crippen LogP contribution in [0.3, 0.4) is 0 Å². The molecule has 0 aromatic heterocycles. The highest BCUT2D eigenvalue weighted by molar-refractivity contribution is 9.10. The molecule has 17 heavy (non-hydrogen) atoms. The highest BCUT2D eigenvalue weighted by Gasteiger charge is 2.24. The van der Waals surface area contributed by atoms with Crippen molar-refractivity contribution < 1.29 is 5.11 Å². The second-order valence-corrected chi connectivity index (χ2v) is 5.40. The number of benzene rings is 1. The number of aliphatic hydroxyl groups is 1. The molecule has 0 aliphatic heterocycles. The largest absolute Gasteiger partial charge is 0.393 e. The van der Waals surface area contributed by atoms with Crippen molar-refractivity contribution in [3.05, 3.63) is 28.2 Å². The van der Waals surface area contributed by atoms with E-state index in [9.17, 15) is 5.11 Å². The molecular weight excluding hydrogens is 280 g/mol. The Balaban J connectivity index is 1.99. The van der Waals surface area contributed by atoms with Gasteiger partial charge in [0.1, 0.15) is 0 Å². The van der Waals surface area contributed by atoms with Crippen molar-refractivity contribution in [2.75, 3.05) is 11.9 Å². The van der Waals surface area contributed by atoms with E-state index in [0.717, 1.165) is 36.0 Å². The fourth-order valence-electron chi connectivity index (χ4n) is 2.26. The highest BCUT2D eigenvalue weighted by Crippen LogP contribution is 2.26. The first kappa shape index (κ1) is 12.4. The molecule has 0 amide bonds. The summed E-state index contributed by atoms with van der Waals surface area (Å²) < 4.78 is 0.894. The van der Waals surface area contributed by atoms with E-state index in [1.54, 1.807) is 6.07 Å². The van der Waals surface area contributed by atoms with Gasteiger partial charge in [-0.1, -0.05) is 22.4 Å². The molecule has 2 unspecified atom stereocenters. The first-order chi connectivity index (χ1) is 8.19. The molecule has 0 saturated heterocycles. The van der Waals surface area contributed by atoms with E-state index in [0.29, 0.717) is 11.5 Å². The van der Waals surface area contributed by atoms with Gasteiger partial charge in [0.25, 0.3) is 0 Å². The number of halogens is 1. The molecule has 0 bridgehead atoms. The number of hydrogen-bond donors (Lipinski definition) is 2. The lowest BCUT2D eigenvalue weighted by atomic mass is 10.1. The second kappa shape index (κ2) is 5.52. The zero-order valence-electron chi connectivity index (χ0n) is 9.49. The lowest BCUT2D eigenvalue weighted by molar-refractivity contribution is 0.138. The SMILES string of the molecule is N#Cc1cc(Br)cc(NCC2CCCC2O)c1. The fraction of sp³-hybridized carbons (Fsp3) is 0.462. The molecule has 0 heterocycles. The Bertz CT molecular complexity index is 442. The Morgan fingerprint density at radius 3 is 2.88 bits per heavy atom. The Morgan fingerprint density at radius 2 is 2.24 bits per heavy atom. The Morgan fingerprint density at radius 1 is 1.41 bits per heavy atom. The average molecular weight is 295 g/mol. The molecule has 1 aromatic carbocycles. The van der Waals surface area contributed by atoms with Crippen LogP contribution in [0.1, 0.15) is 24.8 Å². The third kappa shape index (κ3) is 3.21. The summed E-state index contributed by atoms with van der Waals surface area (Å²) in [4.78, 5) is 0. The molecule has 0 spiro atoms. The van der Waals surface area contributed by atoms with E-state index < -0.39 is 0 Å². The Kier molecular flexibility index (Phi) is 4.03. The van der Waals surface area contributed by atoms with Crippen LogP contribution in [0.25, 0.3) is 0 Å². The number of anilines is 1. The summed E-state index contributed by atoms with van der Waals surface area (Å²) in [5, 5.41) is 21.9. The van der Waals surface area contributed by atoms with Crippen LogP contribution in [0.15, 0.2) is 22.7 Å². The van der Waals surface area contributed by atoms with Gasteiger partial charge in [0.05, 0.1) is 17.7 Å². The zero-order valence-corrected chi connectivity index (χ0v) is 11.1. The molecule has 1 aromatic rings. The third-order valence-electron chi connectivity index (χ3n) is 3.21. The summed E-state index contributed by atoms with van der Waals surface area (Å²) in [5.41, 5.74) is 1.56. The van der Waals surface area contributed by atoms with E-state index in [2.05, 4.69) is 27.3 Å². The van der Waals surface area contributed by atoms with Crippen LogP contribution in [-0.4, -0.2) is 17.8 Å². The molecule has 1 fully saturated rings. The van der Waals surface area contributed by atoms with E-state index >= 15 is 0 Å². The van der Waals surface area contributed by atoms with Gasteiger partial charge in [0.2, 0.25) is 0 Å². The summed E-state index contributed by atoms with van der Waals surface area (Å²) in [6.45, 7) is 0.766. The second-order valence-electron chi connectivity index (χ2n) is 4.48. The van der Waals surface area contributed by atoms with Gasteiger partial charge in [-0.3, -0.25) is 0 Å². The van der Waals surface area contributed by atoms with Gasteiger partial charge in [-0.05, 0) is 31.0 Å². The van der Waals surface area contributed by atoms with E-state index in [1.165, 1.54) is 0 Å². The van der Waals surface area contributed by atoms with Crippen molar-refractivity contribution in [3.63, 3.8) is 0 Å². The van der Waals surface area contributed by atoms with Crippen LogP contribution >= 0.6 is 15.9 Å². The molecule has 1 aliphatic rings. The molecule has 2 atom stereocenters. The zero-order chi connectivity index (χ0) is 12.3. The predicted molar refractivity (Wildman–Crippen MR) is 70.7 cm³/mol. The number of aliphatic hydroxyl groups excluding tert-OH is 1. The standard InChI is InChI=1S/C13H15BrN2O/c14-11-4-9(7-15)5-12(6-11)16-8-10-2-1-3-13(10)17/h4-6,10,13,16-17H,1-3,8H2. The van der Waals surface area contributed by atoms with Crippen LogP contribution in [0.2, 0.25) is 0 Å². The maximum absolute atomic E-state index is 9.72. The van der Waals surface area contributed by atoms with Gasteiger partial charge < -0.3 is 10.4 Å². The molecule has 0 radical (unpaired) electrons. The normalized spacial score (nSPS) is 23.4. The van der Waals surface area contributed by atoms with E-state index in [-0.39, 0.29) is 6.10 Å². The van der Waals surface area contributed by atoms with Crippen molar-refractivity contribution in [3.8, 4) is 6.07 Å². The number of rotatable bonds is 3. The smallest absolute Gasteiger partial charge is 0.0992 e. The van der Waals surface area contributed by atoms with Crippen molar-refractivity contribution in [2.24, 2.45) is 5.92 Å². The molecule has 3 nitrogen and oxygen atoms in total. The number of hydrogen-bond acceptors (Lipinski definition) is 3. The summed E-state index contributed by atoms with van der Waals surface area (Å²) in [6, 6.07) is 7.68. The molecule has 90 valence electrons. The minimum Gasteiger partial charge on any atom is -0.393 e. The summed E-state index contributed by atoms with van der Waals surface area (Å²) in [5.74, 6) is 0.333. The summed E-state index contributed by atoms with van der Waals surface area (Å²) in [6.07, 6.45) is 2.92. The van der Waals surface area contributed by atoms with Crippen molar-refractivity contribution in [1.82, 2.24) is 0 Å². The maximum atomic E-state index is 9.72. The average Bonchev–Trinajstić information content (AvgIpc) is 2.71. The van der Waals surface area contributed by atoms with Gasteiger partial charge in [-0.15, -0.1) is 0 Å². The molecule has 2 N–H and O–H groups in total. The van der Waals surface area contributed by atoms with Gasteiger partial charge in [0.15, 0.2) is 0 Å². The molecule has 4 heteroatoms. The van der Waals surface area contributed by atoms with Crippen LogP contribution in [0, 0.1) is 17.2 Å². The number of nitriles is 1. The van der Waals surface area contributed by atoms with Gasteiger partial charge in [-0.25, -0.2) is 0 Å². The highest BCUT2D eigenvalue weighted by atomic mass is 79.9. The summed E-state index contributed by atoms with van der Waals surface area (Å²) >= 11 is 3.38. The van der Waals surface area contributed by atoms with E-state index in [4.69, 9.17) is 5.26 Å². The minimum atomic E-state index is -0.176. The van der Waals surface area contributed by atoms with E-state index in [1.807, 2.05) is 12.1 Å². The van der Waals surface area contributed by atoms with Crippen molar-refractivity contribution in [1.29, 1.82) is 5.26 Å². The van der Waals surface area contributed by atoms with Crippen LogP contribution in [0.5, 0.6) is 0 Å². The molecule has 1 aliphatic carbocycles. The number of nitrogens with zero attached hydrogens (tertiary/aromatic N) is 1. The fourth-order valence-corrected chi connectivity index (χ4v) is 2.75. The summed E-state index contributed by atoms with van der Waals surface area (Å²) in [7, 11) is 0. The lowest BCUT2D eigenvalue weighted by Gasteiger charge is -2.16. The molecule has 1 saturated carbocycles. The first-order valence-corrected chi connectivity index (χ1v) is 6.61. The topological polar surface area (TPSA) is 56.0 Å². The molecular formula is C13H15BrN2O. The van der Waals surface area contributed by atoms with Crippen LogP contribution in [0.4, 0.5) is 5.69 Å². The van der Waals surface area contributed by atoms with Crippen LogP contribution in [-0.2, 0) is 0 Å². The van der Waals surface area contributed by atoms with Gasteiger partial charge in [-0.2, -0.15) is 5.26 Å². The Labute approximate surface area is 110 Å². The number of nitrogens with one attached hydrogen (secondary N) is 1. The minimum absolute atomic E-state index is 0.176. The quantitative estimate of drug-likeness (QED) is 0.901. The maximum Gasteiger partial charge on any atom is 0.0992 e. The van der Waals surface area contributed by atoms with Crippen molar-refractivity contribution in [2.45, 2.75) is 25.4 Å². The Hall–Kier alpha value is -1.05. The van der Waals surface area contributed by atoms with Crippen molar-refractivity contribution >= 4 is 21.6 Å².